The van der Waals surface area contributed by atoms with Crippen molar-refractivity contribution in [3.63, 3.8) is 0 Å². The molecule has 2 aromatic rings. The Balaban J connectivity index is 2.35. The Labute approximate surface area is 110 Å². The van der Waals surface area contributed by atoms with Crippen molar-refractivity contribution in [1.29, 1.82) is 0 Å². The van der Waals surface area contributed by atoms with E-state index in [0.29, 0.717) is 11.3 Å². The molecule has 0 radical (unpaired) electrons. The van der Waals surface area contributed by atoms with E-state index in [-0.39, 0.29) is 12.4 Å². The Morgan fingerprint density at radius 1 is 1.16 bits per heavy atom. The van der Waals surface area contributed by atoms with E-state index in [1.807, 2.05) is 24.3 Å². The average molecular weight is 258 g/mol. The number of esters is 1. The third kappa shape index (κ3) is 2.91. The van der Waals surface area contributed by atoms with Crippen molar-refractivity contribution in [3.8, 4) is 5.75 Å². The number of fused-ring (bicyclic) bond motifs is 1. The van der Waals surface area contributed by atoms with E-state index in [9.17, 15) is 9.59 Å². The highest BCUT2D eigenvalue weighted by molar-refractivity contribution is 6.02. The minimum absolute atomic E-state index is 0.233. The number of hydrogen-bond acceptors (Lipinski definition) is 4. The highest BCUT2D eigenvalue weighted by atomic mass is 16.5. The zero-order valence-electron chi connectivity index (χ0n) is 10.8. The van der Waals surface area contributed by atoms with Gasteiger partial charge in [-0.05, 0) is 17.5 Å². The first kappa shape index (κ1) is 13.1. The number of ether oxygens (including phenoxy) is 2. The maximum Gasteiger partial charge on any atom is 0.303 e. The van der Waals surface area contributed by atoms with Gasteiger partial charge >= 0.3 is 5.97 Å². The molecule has 0 bridgehead atoms. The van der Waals surface area contributed by atoms with E-state index in [0.717, 1.165) is 10.8 Å². The number of hydrogen-bond donors (Lipinski definition) is 0. The van der Waals surface area contributed by atoms with Crippen LogP contribution in [0.15, 0.2) is 36.4 Å². The quantitative estimate of drug-likeness (QED) is 0.624. The van der Waals surface area contributed by atoms with Gasteiger partial charge in [0.2, 0.25) is 0 Å². The zero-order chi connectivity index (χ0) is 13.8. The lowest BCUT2D eigenvalue weighted by Gasteiger charge is -2.07. The third-order valence-electron chi connectivity index (χ3n) is 2.79. The highest BCUT2D eigenvalue weighted by Crippen LogP contribution is 2.26. The van der Waals surface area contributed by atoms with Gasteiger partial charge in [-0.25, -0.2) is 0 Å². The molecule has 0 aromatic heterocycles. The van der Waals surface area contributed by atoms with Crippen LogP contribution in [0.1, 0.15) is 17.3 Å². The number of rotatable bonds is 4. The molecule has 0 unspecified atom stereocenters. The lowest BCUT2D eigenvalue weighted by Crippen LogP contribution is -2.11. The van der Waals surface area contributed by atoms with Gasteiger partial charge in [-0.15, -0.1) is 0 Å². The summed E-state index contributed by atoms with van der Waals surface area (Å²) in [5.41, 5.74) is 0.498. The Morgan fingerprint density at radius 2 is 1.95 bits per heavy atom. The summed E-state index contributed by atoms with van der Waals surface area (Å²) in [5, 5.41) is 1.85. The van der Waals surface area contributed by atoms with E-state index in [4.69, 9.17) is 9.47 Å². The summed E-state index contributed by atoms with van der Waals surface area (Å²) < 4.78 is 9.97. The number of benzene rings is 2. The van der Waals surface area contributed by atoms with E-state index in [2.05, 4.69) is 0 Å². The van der Waals surface area contributed by atoms with Crippen LogP contribution in [0.4, 0.5) is 0 Å². The second kappa shape index (κ2) is 5.52. The number of Topliss-reactive ketones (excluding diaryl/α,β-unsaturated/α-hetero) is 1. The van der Waals surface area contributed by atoms with Gasteiger partial charge in [0.05, 0.1) is 7.11 Å². The van der Waals surface area contributed by atoms with Crippen molar-refractivity contribution >= 4 is 22.5 Å². The minimum atomic E-state index is -0.466. The molecule has 0 aliphatic carbocycles. The van der Waals surface area contributed by atoms with Crippen LogP contribution in [0.25, 0.3) is 10.8 Å². The summed E-state index contributed by atoms with van der Waals surface area (Å²) >= 11 is 0. The van der Waals surface area contributed by atoms with Crippen molar-refractivity contribution in [2.45, 2.75) is 6.92 Å². The van der Waals surface area contributed by atoms with Crippen molar-refractivity contribution in [1.82, 2.24) is 0 Å². The average Bonchev–Trinajstić information content (AvgIpc) is 2.43. The van der Waals surface area contributed by atoms with Gasteiger partial charge in [0, 0.05) is 17.9 Å². The lowest BCUT2D eigenvalue weighted by atomic mass is 10.0. The molecule has 2 aromatic carbocycles. The second-order valence-electron chi connectivity index (χ2n) is 4.10. The molecule has 0 aliphatic rings. The van der Waals surface area contributed by atoms with Crippen LogP contribution in [-0.2, 0) is 9.53 Å². The molecule has 2 rings (SSSR count). The van der Waals surface area contributed by atoms with Crippen molar-refractivity contribution in [2.24, 2.45) is 0 Å². The Kier molecular flexibility index (Phi) is 3.80. The molecule has 0 spiro atoms. The topological polar surface area (TPSA) is 52.6 Å². The van der Waals surface area contributed by atoms with Gasteiger partial charge in [0.15, 0.2) is 12.4 Å². The Hall–Kier alpha value is -2.36. The Bertz CT molecular complexity index is 631. The third-order valence-corrected chi connectivity index (χ3v) is 2.79. The predicted molar refractivity (Wildman–Crippen MR) is 71.5 cm³/mol. The molecule has 0 fully saturated rings. The van der Waals surface area contributed by atoms with Crippen LogP contribution in [0.5, 0.6) is 5.75 Å². The van der Waals surface area contributed by atoms with Gasteiger partial charge in [0.25, 0.3) is 0 Å². The number of carbonyl (C=O) groups is 2. The molecule has 19 heavy (non-hydrogen) atoms. The normalized spacial score (nSPS) is 10.2. The smallest absolute Gasteiger partial charge is 0.303 e. The molecule has 4 heteroatoms. The number of methoxy groups -OCH3 is 1. The van der Waals surface area contributed by atoms with Gasteiger partial charge in [-0.3, -0.25) is 9.59 Å². The maximum absolute atomic E-state index is 11.9. The maximum atomic E-state index is 11.9. The predicted octanol–water partition coefficient (Wildman–Crippen LogP) is 2.59. The lowest BCUT2D eigenvalue weighted by molar-refractivity contribution is -0.139. The fourth-order valence-electron chi connectivity index (χ4n) is 1.85. The minimum Gasteiger partial charge on any atom is -0.496 e. The monoisotopic (exact) mass is 258 g/mol. The molecule has 0 heterocycles. The molecular weight excluding hydrogens is 244 g/mol. The summed E-state index contributed by atoms with van der Waals surface area (Å²) in [7, 11) is 1.59. The van der Waals surface area contributed by atoms with E-state index in [1.54, 1.807) is 19.2 Å². The fraction of sp³-hybridized carbons (Fsp3) is 0.200. The summed E-state index contributed by atoms with van der Waals surface area (Å²) in [6.45, 7) is 1.03. The molecule has 0 saturated carbocycles. The fourth-order valence-corrected chi connectivity index (χ4v) is 1.85. The van der Waals surface area contributed by atoms with Crippen LogP contribution in [-0.4, -0.2) is 25.5 Å². The van der Waals surface area contributed by atoms with Crippen LogP contribution in [0, 0.1) is 0 Å². The molecular formula is C15H14O4. The molecule has 4 nitrogen and oxygen atoms in total. The summed E-state index contributed by atoms with van der Waals surface area (Å²) in [6.07, 6.45) is 0. The van der Waals surface area contributed by atoms with E-state index in [1.165, 1.54) is 6.92 Å². The van der Waals surface area contributed by atoms with Crippen molar-refractivity contribution < 1.29 is 19.1 Å². The standard InChI is InChI=1S/C15H14O4/c1-10(16)19-9-14(17)12-7-6-11-4-3-5-15(18-2)13(11)8-12/h3-8H,9H2,1-2H3. The molecule has 0 saturated heterocycles. The zero-order valence-corrected chi connectivity index (χ0v) is 10.8. The van der Waals surface area contributed by atoms with Crippen LogP contribution in [0.3, 0.4) is 0 Å². The van der Waals surface area contributed by atoms with E-state index < -0.39 is 5.97 Å². The SMILES string of the molecule is COc1cccc2ccc(C(=O)COC(C)=O)cc12. The summed E-state index contributed by atoms with van der Waals surface area (Å²) in [4.78, 5) is 22.6. The first-order valence-electron chi connectivity index (χ1n) is 5.85. The van der Waals surface area contributed by atoms with Gasteiger partial charge in [-0.1, -0.05) is 24.3 Å². The largest absolute Gasteiger partial charge is 0.496 e. The van der Waals surface area contributed by atoms with Gasteiger partial charge < -0.3 is 9.47 Å². The molecule has 0 atom stereocenters. The van der Waals surface area contributed by atoms with Gasteiger partial charge in [0.1, 0.15) is 5.75 Å². The second-order valence-corrected chi connectivity index (χ2v) is 4.10. The summed E-state index contributed by atoms with van der Waals surface area (Å²) in [6, 6.07) is 11.0. The van der Waals surface area contributed by atoms with Crippen molar-refractivity contribution in [3.05, 3.63) is 42.0 Å². The van der Waals surface area contributed by atoms with Crippen molar-refractivity contribution in [2.75, 3.05) is 13.7 Å². The summed E-state index contributed by atoms with van der Waals surface area (Å²) in [5.74, 6) is 0.00867. The molecule has 98 valence electrons. The first-order valence-corrected chi connectivity index (χ1v) is 5.85. The first-order chi connectivity index (χ1) is 9.11. The Morgan fingerprint density at radius 3 is 2.63 bits per heavy atom. The van der Waals surface area contributed by atoms with Crippen LogP contribution < -0.4 is 4.74 Å². The van der Waals surface area contributed by atoms with E-state index >= 15 is 0 Å². The van der Waals surface area contributed by atoms with Crippen LogP contribution in [0.2, 0.25) is 0 Å². The van der Waals surface area contributed by atoms with Crippen LogP contribution >= 0.6 is 0 Å². The number of carbonyl (C=O) groups excluding carboxylic acids is 2. The highest BCUT2D eigenvalue weighted by Gasteiger charge is 2.10. The molecule has 0 N–H and O–H groups in total. The molecule has 0 aliphatic heterocycles. The molecule has 0 amide bonds. The number of ketones is 1. The van der Waals surface area contributed by atoms with Gasteiger partial charge in [-0.2, -0.15) is 0 Å².